The van der Waals surface area contributed by atoms with E-state index in [2.05, 4.69) is 14.9 Å². The van der Waals surface area contributed by atoms with Crippen molar-refractivity contribution < 1.29 is 19.1 Å². The Morgan fingerprint density at radius 3 is 2.78 bits per heavy atom. The minimum absolute atomic E-state index is 0.131. The average Bonchev–Trinajstić information content (AvgIpc) is 2.95. The summed E-state index contributed by atoms with van der Waals surface area (Å²) in [6.45, 7) is 2.44. The van der Waals surface area contributed by atoms with E-state index in [1.54, 1.807) is 49.5 Å². The highest BCUT2D eigenvalue weighted by molar-refractivity contribution is 7.99. The van der Waals surface area contributed by atoms with Gasteiger partial charge in [0.15, 0.2) is 0 Å². The molecule has 1 aliphatic heterocycles. The predicted molar refractivity (Wildman–Crippen MR) is 142 cm³/mol. The Kier molecular flexibility index (Phi) is 9.31. The fourth-order valence-corrected chi connectivity index (χ4v) is 5.93. The number of alkyl halides is 1. The fraction of sp³-hybridized carbons (Fsp3) is 0.444. The Morgan fingerprint density at radius 1 is 1.30 bits per heavy atom. The molecule has 1 unspecified atom stereocenters. The number of likely N-dealkylation sites (tertiary alicyclic amines) is 1. The largest absolute Gasteiger partial charge is 0.497 e. The van der Waals surface area contributed by atoms with Crippen LogP contribution in [0.15, 0.2) is 53.8 Å². The van der Waals surface area contributed by atoms with E-state index in [1.807, 2.05) is 23.7 Å². The van der Waals surface area contributed by atoms with Gasteiger partial charge in [-0.1, -0.05) is 6.07 Å². The second kappa shape index (κ2) is 12.6. The molecule has 1 atom stereocenters. The zero-order chi connectivity index (χ0) is 26.3. The van der Waals surface area contributed by atoms with E-state index in [4.69, 9.17) is 10.5 Å². The van der Waals surface area contributed by atoms with Gasteiger partial charge in [-0.2, -0.15) is 0 Å². The Hall–Kier alpha value is -2.79. The number of pyridine rings is 2. The number of piperidine rings is 1. The SMILES string of the molecule is COc1ccc2ncc(CN)c(C(F)CCC3(C(=O)NO)CCN(CCSc4ccccn4)CC3)c2c1. The highest BCUT2D eigenvalue weighted by atomic mass is 32.2. The molecule has 0 aliphatic carbocycles. The number of methoxy groups -OCH3 is 1. The number of benzene rings is 1. The number of hydrogen-bond donors (Lipinski definition) is 3. The van der Waals surface area contributed by atoms with Gasteiger partial charge < -0.3 is 15.4 Å². The normalized spacial score (nSPS) is 16.4. The summed E-state index contributed by atoms with van der Waals surface area (Å²) in [4.78, 5) is 23.9. The Balaban J connectivity index is 1.43. The number of aromatic nitrogens is 2. The van der Waals surface area contributed by atoms with Gasteiger partial charge in [0.25, 0.3) is 0 Å². The highest BCUT2D eigenvalue weighted by Gasteiger charge is 2.41. The van der Waals surface area contributed by atoms with Crippen LogP contribution in [0.3, 0.4) is 0 Å². The maximum Gasteiger partial charge on any atom is 0.249 e. The summed E-state index contributed by atoms with van der Waals surface area (Å²) in [6.07, 6.45) is 3.61. The predicted octanol–water partition coefficient (Wildman–Crippen LogP) is 4.27. The van der Waals surface area contributed by atoms with E-state index in [0.717, 1.165) is 17.3 Å². The van der Waals surface area contributed by atoms with E-state index in [-0.39, 0.29) is 13.0 Å². The van der Waals surface area contributed by atoms with Gasteiger partial charge in [-0.15, -0.1) is 11.8 Å². The number of rotatable bonds is 11. The van der Waals surface area contributed by atoms with Gasteiger partial charge in [0.05, 0.1) is 23.1 Å². The Bertz CT molecular complexity index is 1190. The number of nitrogens with zero attached hydrogens (tertiary/aromatic N) is 3. The minimum Gasteiger partial charge on any atom is -0.497 e. The second-order valence-electron chi connectivity index (χ2n) is 9.37. The number of thioether (sulfide) groups is 1. The van der Waals surface area contributed by atoms with E-state index in [1.165, 1.54) is 0 Å². The van der Waals surface area contributed by atoms with Crippen LogP contribution >= 0.6 is 11.8 Å². The molecule has 4 N–H and O–H groups in total. The van der Waals surface area contributed by atoms with Crippen molar-refractivity contribution in [2.75, 3.05) is 32.5 Å². The van der Waals surface area contributed by atoms with Crippen LogP contribution in [0.25, 0.3) is 10.9 Å². The van der Waals surface area contributed by atoms with Crippen molar-refractivity contribution in [2.24, 2.45) is 11.1 Å². The van der Waals surface area contributed by atoms with E-state index < -0.39 is 17.5 Å². The molecule has 3 heterocycles. The van der Waals surface area contributed by atoms with Crippen LogP contribution in [0.2, 0.25) is 0 Å². The van der Waals surface area contributed by atoms with E-state index >= 15 is 4.39 Å². The molecule has 10 heteroatoms. The van der Waals surface area contributed by atoms with Gasteiger partial charge in [0.1, 0.15) is 11.9 Å². The maximum absolute atomic E-state index is 15.9. The molecule has 3 aromatic rings. The molecule has 1 aromatic carbocycles. The van der Waals surface area contributed by atoms with Crippen molar-refractivity contribution in [1.82, 2.24) is 20.3 Å². The lowest BCUT2D eigenvalue weighted by atomic mass is 9.73. The van der Waals surface area contributed by atoms with Crippen molar-refractivity contribution in [3.8, 4) is 5.75 Å². The molecule has 1 fully saturated rings. The van der Waals surface area contributed by atoms with Crippen LogP contribution in [0, 0.1) is 5.41 Å². The molecular weight excluding hydrogens is 493 g/mol. The van der Waals surface area contributed by atoms with Crippen LogP contribution in [-0.2, 0) is 11.3 Å². The monoisotopic (exact) mass is 527 g/mol. The summed E-state index contributed by atoms with van der Waals surface area (Å²) in [5, 5.41) is 11.1. The number of hydroxylamine groups is 1. The number of amides is 1. The molecule has 1 aliphatic rings. The summed E-state index contributed by atoms with van der Waals surface area (Å²) < 4.78 is 21.2. The number of carbonyl (C=O) groups excluding carboxylic acids is 1. The Labute approximate surface area is 220 Å². The number of halogens is 1. The third-order valence-corrected chi connectivity index (χ3v) is 8.22. The van der Waals surface area contributed by atoms with Crippen molar-refractivity contribution in [3.63, 3.8) is 0 Å². The molecule has 0 saturated carbocycles. The summed E-state index contributed by atoms with van der Waals surface area (Å²) in [6, 6.07) is 11.2. The van der Waals surface area contributed by atoms with E-state index in [0.29, 0.717) is 60.1 Å². The topological polar surface area (TPSA) is 114 Å². The number of nitrogens with one attached hydrogen (secondary N) is 1. The van der Waals surface area contributed by atoms with Gasteiger partial charge in [-0.25, -0.2) is 14.9 Å². The van der Waals surface area contributed by atoms with Crippen molar-refractivity contribution >= 4 is 28.6 Å². The van der Waals surface area contributed by atoms with E-state index in [9.17, 15) is 10.0 Å². The number of carbonyl (C=O) groups is 1. The van der Waals surface area contributed by atoms with Gasteiger partial charge >= 0.3 is 0 Å². The first-order chi connectivity index (χ1) is 18.0. The van der Waals surface area contributed by atoms with Crippen LogP contribution in [0.1, 0.15) is 43.0 Å². The van der Waals surface area contributed by atoms with Gasteiger partial charge in [0.2, 0.25) is 5.91 Å². The molecular formula is C27H34FN5O3S. The summed E-state index contributed by atoms with van der Waals surface area (Å²) in [7, 11) is 1.56. The lowest BCUT2D eigenvalue weighted by Crippen LogP contribution is -2.48. The molecule has 4 rings (SSSR count). The molecule has 1 amide bonds. The summed E-state index contributed by atoms with van der Waals surface area (Å²) >= 11 is 1.70. The molecule has 0 spiro atoms. The lowest BCUT2D eigenvalue weighted by molar-refractivity contribution is -0.143. The smallest absolute Gasteiger partial charge is 0.249 e. The Morgan fingerprint density at radius 2 is 2.11 bits per heavy atom. The molecule has 1 saturated heterocycles. The molecule has 0 bridgehead atoms. The van der Waals surface area contributed by atoms with Crippen LogP contribution in [0.4, 0.5) is 4.39 Å². The first kappa shape index (κ1) is 27.3. The fourth-order valence-electron chi connectivity index (χ4n) is 5.07. The first-order valence-electron chi connectivity index (χ1n) is 12.5. The zero-order valence-corrected chi connectivity index (χ0v) is 21.8. The first-order valence-corrected chi connectivity index (χ1v) is 13.5. The minimum atomic E-state index is -1.34. The zero-order valence-electron chi connectivity index (χ0n) is 21.0. The van der Waals surface area contributed by atoms with Crippen molar-refractivity contribution in [3.05, 3.63) is 59.9 Å². The molecule has 37 heavy (non-hydrogen) atoms. The molecule has 8 nitrogen and oxygen atoms in total. The number of hydrogen-bond acceptors (Lipinski definition) is 8. The second-order valence-corrected chi connectivity index (χ2v) is 10.5. The van der Waals surface area contributed by atoms with Gasteiger partial charge in [-0.3, -0.25) is 15.0 Å². The number of ether oxygens (including phenoxy) is 1. The molecule has 0 radical (unpaired) electrons. The molecule has 198 valence electrons. The van der Waals surface area contributed by atoms with Gasteiger partial charge in [-0.05, 0) is 74.7 Å². The maximum atomic E-state index is 15.9. The van der Waals surface area contributed by atoms with Crippen molar-refractivity contribution in [1.29, 1.82) is 0 Å². The third-order valence-electron chi connectivity index (χ3n) is 7.30. The van der Waals surface area contributed by atoms with Crippen LogP contribution in [-0.4, -0.2) is 58.5 Å². The standard InChI is InChI=1S/C27H34FN5O3S/c1-36-20-5-6-23-21(16-20)25(19(17-29)18-31-23)22(28)7-8-27(26(34)32-35)9-12-33(13-10-27)14-15-37-24-4-2-3-11-30-24/h2-6,11,16,18,22,35H,7-10,12-15,17,29H2,1H3,(H,32,34). The van der Waals surface area contributed by atoms with Crippen LogP contribution in [0.5, 0.6) is 5.75 Å². The quantitative estimate of drug-likeness (QED) is 0.193. The van der Waals surface area contributed by atoms with Crippen molar-refractivity contribution in [2.45, 2.75) is 43.4 Å². The highest BCUT2D eigenvalue weighted by Crippen LogP contribution is 2.41. The van der Waals surface area contributed by atoms with Crippen LogP contribution < -0.4 is 16.0 Å². The number of nitrogens with two attached hydrogens (primary N) is 1. The summed E-state index contributed by atoms with van der Waals surface area (Å²) in [5.41, 5.74) is 8.74. The lowest BCUT2D eigenvalue weighted by Gasteiger charge is -2.40. The third kappa shape index (κ3) is 6.38. The van der Waals surface area contributed by atoms with Gasteiger partial charge in [0, 0.05) is 42.2 Å². The average molecular weight is 528 g/mol. The number of fused-ring (bicyclic) bond motifs is 1. The summed E-state index contributed by atoms with van der Waals surface area (Å²) in [5.74, 6) is 1.06. The molecule has 2 aromatic heterocycles.